The summed E-state index contributed by atoms with van der Waals surface area (Å²) in [5, 5.41) is 9.96. The van der Waals surface area contributed by atoms with Crippen LogP contribution in [0.4, 0.5) is 5.69 Å². The molecule has 1 N–H and O–H groups in total. The minimum atomic E-state index is -0.230. The van der Waals surface area contributed by atoms with Crippen LogP contribution < -0.4 is 10.5 Å². The molecule has 3 aromatic heterocycles. The van der Waals surface area contributed by atoms with Crippen LogP contribution in [-0.2, 0) is 4.74 Å². The standard InChI is InChI=1S/C30H33ClN6O2/c1-35(12-8-32)10-7-25(17-22-4-2-5-24(31)16-22)37-11-6-23(18-29(37)38)28-21-34-30-27(28)19-26(20-33-30)36-9-3-14-39-15-13-36/h2,4,6-7,10-11,16,18-21,24-25H,3,5,9,12-15,17H2,1H3,(H,33,34)/b10-7-. The summed E-state index contributed by atoms with van der Waals surface area (Å²) in [5.41, 5.74) is 4.61. The van der Waals surface area contributed by atoms with Crippen molar-refractivity contribution in [3.8, 4) is 17.2 Å². The zero-order valence-electron chi connectivity index (χ0n) is 22.1. The Balaban J connectivity index is 1.46. The number of alkyl halides is 1. The van der Waals surface area contributed by atoms with Crippen molar-refractivity contribution < 1.29 is 4.74 Å². The molecule has 3 aromatic rings. The molecule has 0 amide bonds. The highest BCUT2D eigenvalue weighted by molar-refractivity contribution is 6.22. The fraction of sp³-hybridized carbons (Fsp3) is 0.367. The van der Waals surface area contributed by atoms with Crippen LogP contribution in [0.2, 0.25) is 0 Å². The Morgan fingerprint density at radius 1 is 1.36 bits per heavy atom. The molecule has 4 heterocycles. The summed E-state index contributed by atoms with van der Waals surface area (Å²) in [5.74, 6) is 0. The Bertz CT molecular complexity index is 1490. The van der Waals surface area contributed by atoms with E-state index < -0.39 is 0 Å². The highest BCUT2D eigenvalue weighted by Crippen LogP contribution is 2.31. The number of aromatic nitrogens is 3. The number of hydrogen-bond acceptors (Lipinski definition) is 6. The third-order valence-electron chi connectivity index (χ3n) is 7.14. The zero-order valence-corrected chi connectivity index (χ0v) is 22.8. The second-order valence-electron chi connectivity index (χ2n) is 9.99. The lowest BCUT2D eigenvalue weighted by molar-refractivity contribution is 0.152. The smallest absolute Gasteiger partial charge is 0.251 e. The van der Waals surface area contributed by atoms with Gasteiger partial charge in [0.25, 0.3) is 5.56 Å². The highest BCUT2D eigenvalue weighted by atomic mass is 35.5. The van der Waals surface area contributed by atoms with E-state index in [1.54, 1.807) is 15.5 Å². The van der Waals surface area contributed by atoms with Crippen LogP contribution in [0.1, 0.15) is 25.3 Å². The Hall–Kier alpha value is -3.80. The summed E-state index contributed by atoms with van der Waals surface area (Å²) in [6, 6.07) is 7.72. The van der Waals surface area contributed by atoms with Crippen molar-refractivity contribution >= 4 is 28.3 Å². The Morgan fingerprint density at radius 2 is 2.26 bits per heavy atom. The van der Waals surface area contributed by atoms with E-state index in [0.29, 0.717) is 13.0 Å². The minimum Gasteiger partial charge on any atom is -0.380 e. The van der Waals surface area contributed by atoms with Gasteiger partial charge in [0.2, 0.25) is 0 Å². The molecule has 1 aliphatic heterocycles. The van der Waals surface area contributed by atoms with Gasteiger partial charge in [0.05, 0.1) is 36.0 Å². The number of rotatable bonds is 8. The summed E-state index contributed by atoms with van der Waals surface area (Å²) in [6.45, 7) is 3.51. The predicted octanol–water partition coefficient (Wildman–Crippen LogP) is 5.01. The van der Waals surface area contributed by atoms with Crippen molar-refractivity contribution in [2.45, 2.75) is 30.7 Å². The number of anilines is 1. The van der Waals surface area contributed by atoms with Gasteiger partial charge in [0.15, 0.2) is 0 Å². The molecule has 5 rings (SSSR count). The van der Waals surface area contributed by atoms with Crippen LogP contribution in [0, 0.1) is 11.3 Å². The van der Waals surface area contributed by atoms with Gasteiger partial charge in [-0.15, -0.1) is 11.6 Å². The number of nitriles is 1. The summed E-state index contributed by atoms with van der Waals surface area (Å²) in [6.07, 6.45) is 18.1. The molecule has 2 unspecified atom stereocenters. The zero-order chi connectivity index (χ0) is 27.2. The van der Waals surface area contributed by atoms with Gasteiger partial charge in [0.1, 0.15) is 12.2 Å². The molecule has 2 aliphatic rings. The van der Waals surface area contributed by atoms with Gasteiger partial charge in [-0.3, -0.25) is 4.79 Å². The molecule has 2 atom stereocenters. The first-order valence-corrected chi connectivity index (χ1v) is 13.7. The summed E-state index contributed by atoms with van der Waals surface area (Å²) >= 11 is 6.36. The van der Waals surface area contributed by atoms with Gasteiger partial charge in [-0.05, 0) is 54.8 Å². The molecule has 9 heteroatoms. The number of nitrogens with zero attached hydrogens (tertiary/aromatic N) is 5. The third kappa shape index (κ3) is 6.44. The molecule has 0 bridgehead atoms. The van der Waals surface area contributed by atoms with Crippen molar-refractivity contribution in [2.24, 2.45) is 0 Å². The van der Waals surface area contributed by atoms with E-state index in [0.717, 1.165) is 66.0 Å². The molecule has 39 heavy (non-hydrogen) atoms. The highest BCUT2D eigenvalue weighted by Gasteiger charge is 2.17. The van der Waals surface area contributed by atoms with Gasteiger partial charge in [-0.25, -0.2) is 4.98 Å². The van der Waals surface area contributed by atoms with E-state index in [1.807, 2.05) is 50.1 Å². The second-order valence-corrected chi connectivity index (χ2v) is 10.5. The average molecular weight is 545 g/mol. The Labute approximate surface area is 233 Å². The largest absolute Gasteiger partial charge is 0.380 e. The van der Waals surface area contributed by atoms with E-state index in [2.05, 4.69) is 39.2 Å². The van der Waals surface area contributed by atoms with Crippen LogP contribution in [0.15, 0.2) is 77.7 Å². The molecule has 8 nitrogen and oxygen atoms in total. The van der Waals surface area contributed by atoms with Crippen LogP contribution in [0.3, 0.4) is 0 Å². The van der Waals surface area contributed by atoms with Crippen LogP contribution in [0.5, 0.6) is 0 Å². The monoisotopic (exact) mass is 544 g/mol. The van der Waals surface area contributed by atoms with E-state index in [-0.39, 0.29) is 23.5 Å². The van der Waals surface area contributed by atoms with E-state index >= 15 is 0 Å². The summed E-state index contributed by atoms with van der Waals surface area (Å²) in [7, 11) is 1.84. The van der Waals surface area contributed by atoms with E-state index in [1.165, 1.54) is 0 Å². The second kappa shape index (κ2) is 12.4. The van der Waals surface area contributed by atoms with Gasteiger partial charge >= 0.3 is 0 Å². The first-order chi connectivity index (χ1) is 19.0. The van der Waals surface area contributed by atoms with Crippen LogP contribution >= 0.6 is 11.6 Å². The quantitative estimate of drug-likeness (QED) is 0.316. The number of pyridine rings is 2. The number of allylic oxidation sites excluding steroid dienone is 5. The maximum atomic E-state index is 13.5. The normalized spacial score (nSPS) is 18.6. The molecule has 202 valence electrons. The van der Waals surface area contributed by atoms with Crippen molar-refractivity contribution in [3.05, 3.63) is 83.2 Å². The lowest BCUT2D eigenvalue weighted by atomic mass is 9.99. The van der Waals surface area contributed by atoms with Gasteiger partial charge < -0.3 is 24.1 Å². The number of fused-ring (bicyclic) bond motifs is 1. The maximum absolute atomic E-state index is 13.5. The number of aromatic amines is 1. The molecule has 0 spiro atoms. The van der Waals surface area contributed by atoms with Gasteiger partial charge in [-0.2, -0.15) is 5.26 Å². The average Bonchev–Trinajstić information content (AvgIpc) is 3.15. The molecule has 1 fully saturated rings. The predicted molar refractivity (Wildman–Crippen MR) is 156 cm³/mol. The summed E-state index contributed by atoms with van der Waals surface area (Å²) < 4.78 is 7.35. The molecule has 0 aromatic carbocycles. The molecular formula is C30H33ClN6O2. The molecule has 1 saturated heterocycles. The molecule has 0 saturated carbocycles. The van der Waals surface area contributed by atoms with Crippen molar-refractivity contribution in [1.82, 2.24) is 19.4 Å². The van der Waals surface area contributed by atoms with E-state index in [4.69, 9.17) is 21.6 Å². The maximum Gasteiger partial charge on any atom is 0.251 e. The fourth-order valence-corrected chi connectivity index (χ4v) is 5.36. The molecular weight excluding hydrogens is 512 g/mol. The number of hydrogen-bond donors (Lipinski definition) is 1. The number of ether oxygens (including phenoxy) is 1. The topological polar surface area (TPSA) is 90.2 Å². The lowest BCUT2D eigenvalue weighted by Gasteiger charge is -2.21. The number of nitrogens with one attached hydrogen (secondary N) is 1. The van der Waals surface area contributed by atoms with Crippen LogP contribution in [0.25, 0.3) is 22.2 Å². The summed E-state index contributed by atoms with van der Waals surface area (Å²) in [4.78, 5) is 25.5. The van der Waals surface area contributed by atoms with Gasteiger partial charge in [0, 0.05) is 56.2 Å². The van der Waals surface area contributed by atoms with E-state index in [9.17, 15) is 4.79 Å². The Morgan fingerprint density at radius 3 is 3.08 bits per heavy atom. The van der Waals surface area contributed by atoms with Crippen LogP contribution in [-0.4, -0.2) is 64.7 Å². The third-order valence-corrected chi connectivity index (χ3v) is 7.44. The molecule has 1 aliphatic carbocycles. The van der Waals surface area contributed by atoms with Crippen molar-refractivity contribution in [2.75, 3.05) is 44.8 Å². The fourth-order valence-electron chi connectivity index (χ4n) is 5.09. The Kier molecular flexibility index (Phi) is 8.50. The first kappa shape index (κ1) is 26.8. The van der Waals surface area contributed by atoms with Crippen molar-refractivity contribution in [1.29, 1.82) is 5.26 Å². The SMILES string of the molecule is CN(/C=C\C(CC1=CC(Cl)CC=C1)n1ccc(-c2c[nH]c3ncc(N4CCCOCC4)cc23)cc1=O)CC#N. The van der Waals surface area contributed by atoms with Gasteiger partial charge in [-0.1, -0.05) is 18.2 Å². The molecule has 0 radical (unpaired) electrons. The number of halogens is 1. The first-order valence-electron chi connectivity index (χ1n) is 13.3. The van der Waals surface area contributed by atoms with Crippen molar-refractivity contribution in [3.63, 3.8) is 0 Å². The lowest BCUT2D eigenvalue weighted by Crippen LogP contribution is -2.25. The minimum absolute atomic E-state index is 0.0443. The number of H-pyrrole nitrogens is 1.